The Labute approximate surface area is 131 Å². The first-order valence-electron chi connectivity index (χ1n) is 6.93. The van der Waals surface area contributed by atoms with Crippen LogP contribution in [-0.4, -0.2) is 49.9 Å². The summed E-state index contributed by atoms with van der Waals surface area (Å²) in [5.41, 5.74) is 0.0702. The van der Waals surface area contributed by atoms with E-state index in [1.165, 1.54) is 0 Å². The van der Waals surface area contributed by atoms with Gasteiger partial charge in [-0.1, -0.05) is 0 Å². The maximum Gasteiger partial charge on any atom is 0.416 e. The molecule has 1 aliphatic heterocycles. The van der Waals surface area contributed by atoms with Crippen LogP contribution in [-0.2, 0) is 10.9 Å². The lowest BCUT2D eigenvalue weighted by Crippen LogP contribution is -2.36. The lowest BCUT2D eigenvalue weighted by atomic mass is 10.1. The second kappa shape index (κ2) is 7.39. The molecule has 2 rings (SSSR count). The average Bonchev–Trinajstić information content (AvgIpc) is 2.52. The number of halogens is 4. The van der Waals surface area contributed by atoms with Gasteiger partial charge in [-0.05, 0) is 18.2 Å². The van der Waals surface area contributed by atoms with E-state index in [4.69, 9.17) is 16.3 Å². The highest BCUT2D eigenvalue weighted by molar-refractivity contribution is 6.18. The zero-order valence-corrected chi connectivity index (χ0v) is 12.6. The van der Waals surface area contributed by atoms with Gasteiger partial charge in [0.1, 0.15) is 0 Å². The Morgan fingerprint density at radius 2 is 1.95 bits per heavy atom. The fourth-order valence-electron chi connectivity index (χ4n) is 2.17. The van der Waals surface area contributed by atoms with E-state index < -0.39 is 17.8 Å². The number of rotatable bonds is 5. The first-order chi connectivity index (χ1) is 10.4. The summed E-state index contributed by atoms with van der Waals surface area (Å²) in [6.07, 6.45) is -5.24. The van der Waals surface area contributed by atoms with E-state index in [2.05, 4.69) is 5.32 Å². The number of ether oxygens (including phenoxy) is 1. The first kappa shape index (κ1) is 17.2. The predicted molar refractivity (Wildman–Crippen MR) is 79.7 cm³/mol. The minimum Gasteiger partial charge on any atom is -0.390 e. The maximum atomic E-state index is 13.0. The van der Waals surface area contributed by atoms with E-state index in [1.807, 2.05) is 4.90 Å². The van der Waals surface area contributed by atoms with E-state index >= 15 is 0 Å². The van der Waals surface area contributed by atoms with Gasteiger partial charge in [0.15, 0.2) is 0 Å². The van der Waals surface area contributed by atoms with Crippen LogP contribution in [0.5, 0.6) is 0 Å². The predicted octanol–water partition coefficient (Wildman–Crippen LogP) is 2.55. The van der Waals surface area contributed by atoms with Crippen molar-refractivity contribution in [2.75, 3.05) is 48.9 Å². The molecule has 2 N–H and O–H groups in total. The highest BCUT2D eigenvalue weighted by atomic mass is 35.5. The number of nitrogens with one attached hydrogen (secondary N) is 1. The SMILES string of the molecule is OC(CCl)CNc1cc(N2CCOCC2)cc(C(F)(F)F)c1. The molecule has 1 aromatic rings. The average molecular weight is 339 g/mol. The summed E-state index contributed by atoms with van der Waals surface area (Å²) in [6.45, 7) is 2.16. The first-order valence-corrected chi connectivity index (χ1v) is 7.46. The molecule has 1 fully saturated rings. The van der Waals surface area contributed by atoms with Gasteiger partial charge in [-0.15, -0.1) is 11.6 Å². The summed E-state index contributed by atoms with van der Waals surface area (Å²) in [4.78, 5) is 1.85. The number of hydrogen-bond donors (Lipinski definition) is 2. The monoisotopic (exact) mass is 338 g/mol. The Morgan fingerprint density at radius 1 is 1.27 bits per heavy atom. The normalized spacial score (nSPS) is 17.4. The minimum atomic E-state index is -4.43. The van der Waals surface area contributed by atoms with E-state index in [0.29, 0.717) is 37.7 Å². The molecular formula is C14H18ClF3N2O2. The van der Waals surface area contributed by atoms with Gasteiger partial charge in [0, 0.05) is 31.0 Å². The zero-order valence-electron chi connectivity index (χ0n) is 11.9. The van der Waals surface area contributed by atoms with Crippen molar-refractivity contribution in [2.24, 2.45) is 0 Å². The molecule has 1 heterocycles. The number of aliphatic hydroxyl groups excluding tert-OH is 1. The van der Waals surface area contributed by atoms with Crippen molar-refractivity contribution < 1.29 is 23.0 Å². The van der Waals surface area contributed by atoms with Crippen LogP contribution in [0.3, 0.4) is 0 Å². The van der Waals surface area contributed by atoms with Crippen molar-refractivity contribution in [3.63, 3.8) is 0 Å². The Morgan fingerprint density at radius 3 is 2.55 bits per heavy atom. The van der Waals surface area contributed by atoms with Crippen LogP contribution in [0, 0.1) is 0 Å². The minimum absolute atomic E-state index is 0.0162. The summed E-state index contributed by atoms with van der Waals surface area (Å²) in [5.74, 6) is 0.0162. The highest BCUT2D eigenvalue weighted by Crippen LogP contribution is 2.34. The molecular weight excluding hydrogens is 321 g/mol. The number of alkyl halides is 4. The number of hydrogen-bond acceptors (Lipinski definition) is 4. The molecule has 1 aliphatic rings. The standard InChI is InChI=1S/C14H18ClF3N2O2/c15-8-13(21)9-19-11-5-10(14(16,17)18)6-12(7-11)20-1-3-22-4-2-20/h5-7,13,19,21H,1-4,8-9H2. The van der Waals surface area contributed by atoms with Gasteiger partial charge >= 0.3 is 6.18 Å². The number of aliphatic hydroxyl groups is 1. The van der Waals surface area contributed by atoms with Crippen molar-refractivity contribution in [3.8, 4) is 0 Å². The number of nitrogens with zero attached hydrogens (tertiary/aromatic N) is 1. The van der Waals surface area contributed by atoms with Crippen molar-refractivity contribution in [2.45, 2.75) is 12.3 Å². The third-order valence-electron chi connectivity index (χ3n) is 3.34. The molecule has 124 valence electrons. The smallest absolute Gasteiger partial charge is 0.390 e. The van der Waals surface area contributed by atoms with Crippen LogP contribution in [0.1, 0.15) is 5.56 Å². The molecule has 1 unspecified atom stereocenters. The van der Waals surface area contributed by atoms with Crippen LogP contribution < -0.4 is 10.2 Å². The van der Waals surface area contributed by atoms with Crippen LogP contribution in [0.25, 0.3) is 0 Å². The van der Waals surface area contributed by atoms with Gasteiger partial charge in [0.2, 0.25) is 0 Å². The maximum absolute atomic E-state index is 13.0. The van der Waals surface area contributed by atoms with Gasteiger partial charge in [0.25, 0.3) is 0 Å². The highest BCUT2D eigenvalue weighted by Gasteiger charge is 2.32. The van der Waals surface area contributed by atoms with Crippen LogP contribution >= 0.6 is 11.6 Å². The summed E-state index contributed by atoms with van der Waals surface area (Å²) in [5, 5.41) is 12.2. The molecule has 0 aliphatic carbocycles. The summed E-state index contributed by atoms with van der Waals surface area (Å²) in [6, 6.07) is 3.81. The topological polar surface area (TPSA) is 44.7 Å². The van der Waals surface area contributed by atoms with Gasteiger partial charge < -0.3 is 20.1 Å². The Kier molecular flexibility index (Phi) is 5.77. The van der Waals surface area contributed by atoms with Gasteiger partial charge in [0.05, 0.1) is 30.8 Å². The Hall–Kier alpha value is -1.18. The third kappa shape index (κ3) is 4.66. The van der Waals surface area contributed by atoms with Crippen molar-refractivity contribution >= 4 is 23.0 Å². The lowest BCUT2D eigenvalue weighted by molar-refractivity contribution is -0.137. The molecule has 0 radical (unpaired) electrons. The Balaban J connectivity index is 2.24. The molecule has 22 heavy (non-hydrogen) atoms. The zero-order chi connectivity index (χ0) is 16.2. The van der Waals surface area contributed by atoms with Crippen molar-refractivity contribution in [1.29, 1.82) is 0 Å². The third-order valence-corrected chi connectivity index (χ3v) is 3.70. The number of benzene rings is 1. The van der Waals surface area contributed by atoms with Crippen LogP contribution in [0.15, 0.2) is 18.2 Å². The largest absolute Gasteiger partial charge is 0.416 e. The van der Waals surface area contributed by atoms with Crippen molar-refractivity contribution in [3.05, 3.63) is 23.8 Å². The summed E-state index contributed by atoms with van der Waals surface area (Å²) >= 11 is 5.48. The van der Waals surface area contributed by atoms with E-state index in [-0.39, 0.29) is 12.4 Å². The van der Waals surface area contributed by atoms with Gasteiger partial charge in [-0.3, -0.25) is 0 Å². The molecule has 8 heteroatoms. The second-order valence-corrected chi connectivity index (χ2v) is 5.36. The molecule has 0 amide bonds. The molecule has 0 spiro atoms. The molecule has 4 nitrogen and oxygen atoms in total. The molecule has 0 saturated carbocycles. The van der Waals surface area contributed by atoms with Gasteiger partial charge in [-0.25, -0.2) is 0 Å². The van der Waals surface area contributed by atoms with Crippen LogP contribution in [0.2, 0.25) is 0 Å². The molecule has 1 atom stereocenters. The van der Waals surface area contributed by atoms with Gasteiger partial charge in [-0.2, -0.15) is 13.2 Å². The fourth-order valence-corrected chi connectivity index (χ4v) is 2.28. The van der Waals surface area contributed by atoms with Crippen LogP contribution in [0.4, 0.5) is 24.5 Å². The van der Waals surface area contributed by atoms with E-state index in [9.17, 15) is 18.3 Å². The summed E-state index contributed by atoms with van der Waals surface area (Å²) < 4.78 is 44.3. The fraction of sp³-hybridized carbons (Fsp3) is 0.571. The molecule has 0 aromatic heterocycles. The quantitative estimate of drug-likeness (QED) is 0.810. The number of anilines is 2. The molecule has 1 saturated heterocycles. The lowest BCUT2D eigenvalue weighted by Gasteiger charge is -2.30. The van der Waals surface area contributed by atoms with E-state index in [1.54, 1.807) is 6.07 Å². The van der Waals surface area contributed by atoms with Crippen molar-refractivity contribution in [1.82, 2.24) is 0 Å². The molecule has 0 bridgehead atoms. The van der Waals surface area contributed by atoms with E-state index in [0.717, 1.165) is 12.1 Å². The molecule has 1 aromatic carbocycles. The Bertz CT molecular complexity index is 493. The summed E-state index contributed by atoms with van der Waals surface area (Å²) in [7, 11) is 0. The number of morpholine rings is 1. The second-order valence-electron chi connectivity index (χ2n) is 5.05.